The fourth-order valence-corrected chi connectivity index (χ4v) is 12.3. The van der Waals surface area contributed by atoms with Crippen molar-refractivity contribution in [3.8, 4) is 0 Å². The van der Waals surface area contributed by atoms with Gasteiger partial charge in [-0.2, -0.15) is 0 Å². The largest absolute Gasteiger partial charge is 0.374 e. The summed E-state index contributed by atoms with van der Waals surface area (Å²) in [4.78, 5) is 50.1. The number of fused-ring (bicyclic) bond motifs is 5. The van der Waals surface area contributed by atoms with Crippen LogP contribution in [-0.4, -0.2) is 151 Å². The number of halogens is 1. The second-order valence-electron chi connectivity index (χ2n) is 17.9. The number of ether oxygens (including phenoxy) is 2. The average molecular weight is 725 g/mol. The Hall–Kier alpha value is -2.12. The Bertz CT molecular complexity index is 1390. The number of alkyl halides is 1. The number of hydrogen-bond donors (Lipinski definition) is 2. The van der Waals surface area contributed by atoms with Crippen LogP contribution in [0.4, 0.5) is 4.39 Å². The molecule has 52 heavy (non-hydrogen) atoms. The highest BCUT2D eigenvalue weighted by atomic mass is 19.1. The number of ketones is 1. The molecule has 12 heteroatoms. The molecule has 3 saturated carbocycles. The van der Waals surface area contributed by atoms with Gasteiger partial charge in [-0.3, -0.25) is 19.3 Å². The molecule has 13 atom stereocenters. The van der Waals surface area contributed by atoms with E-state index in [9.17, 15) is 14.4 Å². The molecule has 0 aromatic heterocycles. The van der Waals surface area contributed by atoms with Gasteiger partial charge in [0, 0.05) is 56.8 Å². The fourth-order valence-electron chi connectivity index (χ4n) is 12.3. The molecular weight excluding hydrogens is 663 g/mol. The van der Waals surface area contributed by atoms with Crippen LogP contribution >= 0.6 is 0 Å². The molecule has 2 N–H and O–H groups in total. The SMILES string of the molecule is CN1CCCC1CCNC(=O)C1=CN2C3CC4OC5CCCCC5C4CC3OC3C(N4CC[C@@H](NC(=O)CCN5CCCC5)C4)C(F)CC(C1=O)C32. The molecule has 2 amide bonds. The minimum atomic E-state index is -1.27. The summed E-state index contributed by atoms with van der Waals surface area (Å²) in [6, 6.07) is -0.432. The van der Waals surface area contributed by atoms with Gasteiger partial charge in [-0.1, -0.05) is 12.8 Å². The van der Waals surface area contributed by atoms with E-state index >= 15 is 4.39 Å². The third-order valence-electron chi connectivity index (χ3n) is 15.0. The van der Waals surface area contributed by atoms with Crippen molar-refractivity contribution in [3.63, 3.8) is 0 Å². The average Bonchev–Trinajstić information content (AvgIpc) is 3.96. The van der Waals surface area contributed by atoms with Gasteiger partial charge in [0.25, 0.3) is 5.91 Å². The van der Waals surface area contributed by atoms with E-state index in [1.165, 1.54) is 38.5 Å². The first-order chi connectivity index (χ1) is 25.3. The van der Waals surface area contributed by atoms with Crippen molar-refractivity contribution < 1.29 is 28.2 Å². The molecule has 3 aliphatic carbocycles. The van der Waals surface area contributed by atoms with E-state index in [1.807, 2.05) is 6.20 Å². The smallest absolute Gasteiger partial charge is 0.256 e. The summed E-state index contributed by atoms with van der Waals surface area (Å²) in [5.74, 6) is -0.162. The standard InChI is InChI=1S/C40H61FN6O5/c1-44-14-6-7-25(44)10-13-42-40(50)29-23-47-31-21-33-27(26-8-2-3-9-32(26)51-33)20-34(31)52-39-36(47)28(38(29)49)19-30(41)37(39)46-18-11-24(22-46)43-35(48)12-17-45-15-4-5-16-45/h23-28,30-34,36-37,39H,2-22H2,1H3,(H,42,50)(H,43,48)/t24-,25?,26?,27?,28?,30?,31?,32?,33?,34?,36?,37?,39?/m1/s1. The van der Waals surface area contributed by atoms with E-state index in [4.69, 9.17) is 9.47 Å². The van der Waals surface area contributed by atoms with Crippen LogP contribution in [0.1, 0.15) is 89.9 Å². The number of morpholine rings is 1. The Kier molecular flexibility index (Phi) is 10.2. The van der Waals surface area contributed by atoms with Gasteiger partial charge in [-0.25, -0.2) is 4.39 Å². The van der Waals surface area contributed by atoms with Gasteiger partial charge in [0.15, 0.2) is 5.78 Å². The van der Waals surface area contributed by atoms with Crippen molar-refractivity contribution in [1.29, 1.82) is 0 Å². The van der Waals surface area contributed by atoms with Crippen LogP contribution in [0.5, 0.6) is 0 Å². The molecule has 12 unspecified atom stereocenters. The van der Waals surface area contributed by atoms with E-state index in [0.29, 0.717) is 50.0 Å². The van der Waals surface area contributed by atoms with Crippen LogP contribution in [0.3, 0.4) is 0 Å². The molecule has 0 aromatic carbocycles. The van der Waals surface area contributed by atoms with Crippen LogP contribution < -0.4 is 10.6 Å². The number of nitrogens with zero attached hydrogens (tertiary/aromatic N) is 4. The quantitative estimate of drug-likeness (QED) is 0.348. The summed E-state index contributed by atoms with van der Waals surface area (Å²) < 4.78 is 30.7. The summed E-state index contributed by atoms with van der Waals surface area (Å²) >= 11 is 0. The molecule has 8 fully saturated rings. The minimum Gasteiger partial charge on any atom is -0.374 e. The van der Waals surface area contributed by atoms with Crippen molar-refractivity contribution >= 4 is 17.6 Å². The summed E-state index contributed by atoms with van der Waals surface area (Å²) in [7, 11) is 2.13. The first kappa shape index (κ1) is 35.6. The summed E-state index contributed by atoms with van der Waals surface area (Å²) in [5.41, 5.74) is 0.173. The van der Waals surface area contributed by atoms with Crippen LogP contribution in [0, 0.1) is 17.8 Å². The van der Waals surface area contributed by atoms with Crippen LogP contribution in [0.15, 0.2) is 11.8 Å². The molecule has 0 bridgehead atoms. The van der Waals surface area contributed by atoms with E-state index in [2.05, 4.69) is 37.3 Å². The van der Waals surface area contributed by atoms with Crippen molar-refractivity contribution in [2.24, 2.45) is 17.8 Å². The first-order valence-corrected chi connectivity index (χ1v) is 21.0. The molecule has 6 heterocycles. The van der Waals surface area contributed by atoms with E-state index in [0.717, 1.165) is 64.7 Å². The van der Waals surface area contributed by atoms with Crippen molar-refractivity contribution in [3.05, 3.63) is 11.8 Å². The van der Waals surface area contributed by atoms with Crippen molar-refractivity contribution in [2.75, 3.05) is 52.9 Å². The fraction of sp³-hybridized carbons (Fsp3) is 0.875. The lowest BCUT2D eigenvalue weighted by molar-refractivity contribution is -0.220. The molecule has 288 valence electrons. The Labute approximate surface area is 308 Å². The summed E-state index contributed by atoms with van der Waals surface area (Å²) in [6.07, 6.45) is 13.8. The molecule has 11 nitrogen and oxygen atoms in total. The van der Waals surface area contributed by atoms with Crippen molar-refractivity contribution in [2.45, 2.75) is 151 Å². The maximum absolute atomic E-state index is 16.8. The molecule has 9 aliphatic rings. The number of Topliss-reactive ketones (excluding diaryl/α,β-unsaturated/α-hetero) is 1. The summed E-state index contributed by atoms with van der Waals surface area (Å²) in [6.45, 7) is 5.81. The van der Waals surface area contributed by atoms with Gasteiger partial charge in [-0.05, 0) is 109 Å². The van der Waals surface area contributed by atoms with Gasteiger partial charge >= 0.3 is 0 Å². The second-order valence-corrected chi connectivity index (χ2v) is 17.9. The zero-order valence-corrected chi connectivity index (χ0v) is 31.1. The predicted octanol–water partition coefficient (Wildman–Crippen LogP) is 2.63. The highest BCUT2D eigenvalue weighted by Gasteiger charge is 2.62. The van der Waals surface area contributed by atoms with Crippen LogP contribution in [0.2, 0.25) is 0 Å². The number of carbonyl (C=O) groups is 3. The molecule has 5 saturated heterocycles. The van der Waals surface area contributed by atoms with Gasteiger partial charge < -0.3 is 34.8 Å². The Balaban J connectivity index is 0.941. The predicted molar refractivity (Wildman–Crippen MR) is 193 cm³/mol. The van der Waals surface area contributed by atoms with Gasteiger partial charge in [0.2, 0.25) is 5.91 Å². The monoisotopic (exact) mass is 724 g/mol. The normalized spacial score (nSPS) is 43.4. The molecule has 0 aromatic rings. The summed E-state index contributed by atoms with van der Waals surface area (Å²) in [5, 5.41) is 6.33. The number of amides is 2. The van der Waals surface area contributed by atoms with E-state index < -0.39 is 24.2 Å². The second kappa shape index (κ2) is 14.8. The maximum Gasteiger partial charge on any atom is 0.256 e. The number of likely N-dealkylation sites (tertiary alicyclic amines) is 3. The Morgan fingerprint density at radius 1 is 0.885 bits per heavy atom. The molecule has 9 rings (SSSR count). The Morgan fingerprint density at radius 3 is 2.56 bits per heavy atom. The molecule has 0 radical (unpaired) electrons. The lowest BCUT2D eigenvalue weighted by Crippen LogP contribution is -2.73. The van der Waals surface area contributed by atoms with Gasteiger partial charge in [-0.15, -0.1) is 0 Å². The van der Waals surface area contributed by atoms with E-state index in [1.54, 1.807) is 0 Å². The van der Waals surface area contributed by atoms with Crippen molar-refractivity contribution in [1.82, 2.24) is 30.2 Å². The minimum absolute atomic E-state index is 0.0220. The van der Waals surface area contributed by atoms with Gasteiger partial charge in [0.1, 0.15) is 6.17 Å². The highest BCUT2D eigenvalue weighted by Crippen LogP contribution is 2.53. The zero-order valence-electron chi connectivity index (χ0n) is 31.1. The molecular formula is C40H61FN6O5. The molecule has 6 aliphatic heterocycles. The number of hydrogen-bond acceptors (Lipinski definition) is 9. The van der Waals surface area contributed by atoms with E-state index in [-0.39, 0.29) is 59.9 Å². The highest BCUT2D eigenvalue weighted by molar-refractivity contribution is 6.20. The third-order valence-corrected chi connectivity index (χ3v) is 15.0. The lowest BCUT2D eigenvalue weighted by atomic mass is 9.67. The lowest BCUT2D eigenvalue weighted by Gasteiger charge is -2.61. The third kappa shape index (κ3) is 6.64. The maximum atomic E-state index is 16.8. The van der Waals surface area contributed by atoms with Crippen LogP contribution in [-0.2, 0) is 23.9 Å². The number of rotatable bonds is 9. The zero-order chi connectivity index (χ0) is 35.5. The Morgan fingerprint density at radius 2 is 1.73 bits per heavy atom. The van der Waals surface area contributed by atoms with Gasteiger partial charge in [0.05, 0.1) is 48.1 Å². The molecule has 0 spiro atoms. The number of carbonyl (C=O) groups excluding carboxylic acids is 3. The number of nitrogens with one attached hydrogen (secondary N) is 2. The topological polar surface area (TPSA) is 107 Å². The first-order valence-electron chi connectivity index (χ1n) is 21.0. The van der Waals surface area contributed by atoms with Crippen LogP contribution in [0.25, 0.3) is 0 Å².